The highest BCUT2D eigenvalue weighted by atomic mass is 16.5. The van der Waals surface area contributed by atoms with Gasteiger partial charge in [0.2, 0.25) is 0 Å². The highest BCUT2D eigenvalue weighted by molar-refractivity contribution is 6.03. The molecule has 126 valence electrons. The molecule has 2 heterocycles. The number of hydrogen-bond acceptors (Lipinski definition) is 4. The third-order valence-corrected chi connectivity index (χ3v) is 4.36. The molecular weight excluding hydrogens is 302 g/mol. The number of hydrogen-bond donors (Lipinski definition) is 1. The third-order valence-electron chi connectivity index (χ3n) is 4.36. The molecule has 1 aliphatic rings. The quantitative estimate of drug-likeness (QED) is 0.933. The van der Waals surface area contributed by atoms with Gasteiger partial charge in [0, 0.05) is 18.7 Å². The average molecular weight is 325 g/mol. The van der Waals surface area contributed by atoms with E-state index in [1.807, 2.05) is 18.3 Å². The van der Waals surface area contributed by atoms with Crippen LogP contribution in [0, 0.1) is 5.92 Å². The minimum atomic E-state index is -0.176. The first kappa shape index (κ1) is 16.3. The summed E-state index contributed by atoms with van der Waals surface area (Å²) >= 11 is 0. The maximum absolute atomic E-state index is 12.2. The maximum atomic E-state index is 12.2. The minimum Gasteiger partial charge on any atom is -0.497 e. The summed E-state index contributed by atoms with van der Waals surface area (Å²) in [6, 6.07) is 10.9. The Labute approximate surface area is 142 Å². The number of benzene rings is 1. The molecule has 5 heteroatoms. The van der Waals surface area contributed by atoms with Crippen molar-refractivity contribution in [1.29, 1.82) is 0 Å². The molecule has 1 atom stereocenters. The predicted octanol–water partition coefficient (Wildman–Crippen LogP) is 3.58. The molecule has 5 nitrogen and oxygen atoms in total. The molecule has 1 amide bonds. The summed E-state index contributed by atoms with van der Waals surface area (Å²) in [6.07, 6.45) is 4.35. The summed E-state index contributed by atoms with van der Waals surface area (Å²) in [5.74, 6) is 1.83. The third kappa shape index (κ3) is 3.85. The summed E-state index contributed by atoms with van der Waals surface area (Å²) in [5, 5.41) is 2.83. The van der Waals surface area contributed by atoms with Crippen LogP contribution in [-0.2, 0) is 0 Å². The summed E-state index contributed by atoms with van der Waals surface area (Å²) in [4.78, 5) is 19.0. The fourth-order valence-electron chi connectivity index (χ4n) is 3.00. The van der Waals surface area contributed by atoms with Crippen LogP contribution in [-0.4, -0.2) is 31.1 Å². The maximum Gasteiger partial charge on any atom is 0.256 e. The van der Waals surface area contributed by atoms with Gasteiger partial charge in [0.05, 0.1) is 19.0 Å². The molecule has 1 aliphatic heterocycles. The van der Waals surface area contributed by atoms with E-state index < -0.39 is 0 Å². The second-order valence-corrected chi connectivity index (χ2v) is 6.28. The highest BCUT2D eigenvalue weighted by Gasteiger charge is 2.17. The molecular formula is C19H23N3O2. The smallest absolute Gasteiger partial charge is 0.256 e. The van der Waals surface area contributed by atoms with Crippen LogP contribution < -0.4 is 15.0 Å². The Morgan fingerprint density at radius 1 is 1.25 bits per heavy atom. The standard InChI is InChI=1S/C19H23N3O2/c1-14-4-3-11-22(13-14)16-7-10-18(20-12-16)21-19(23)15-5-8-17(24-2)9-6-15/h5-10,12,14H,3-4,11,13H2,1-2H3,(H,20,21,23). The van der Waals surface area contributed by atoms with E-state index in [0.717, 1.165) is 24.5 Å². The Balaban J connectivity index is 1.63. The molecule has 1 N–H and O–H groups in total. The number of carbonyl (C=O) groups is 1. The van der Waals surface area contributed by atoms with Gasteiger partial charge in [0.25, 0.3) is 5.91 Å². The van der Waals surface area contributed by atoms with Crippen molar-refractivity contribution >= 4 is 17.4 Å². The van der Waals surface area contributed by atoms with E-state index in [2.05, 4.69) is 22.1 Å². The predicted molar refractivity (Wildman–Crippen MR) is 95.8 cm³/mol. The molecule has 1 unspecified atom stereocenters. The molecule has 0 bridgehead atoms. The van der Waals surface area contributed by atoms with Crippen molar-refractivity contribution in [2.45, 2.75) is 19.8 Å². The minimum absolute atomic E-state index is 0.176. The number of amides is 1. The van der Waals surface area contributed by atoms with Crippen LogP contribution in [0.25, 0.3) is 0 Å². The van der Waals surface area contributed by atoms with Gasteiger partial charge in [0.1, 0.15) is 11.6 Å². The van der Waals surface area contributed by atoms with E-state index in [1.165, 1.54) is 12.8 Å². The van der Waals surface area contributed by atoms with Crippen molar-refractivity contribution in [3.63, 3.8) is 0 Å². The van der Waals surface area contributed by atoms with Gasteiger partial charge in [-0.15, -0.1) is 0 Å². The number of rotatable bonds is 4. The van der Waals surface area contributed by atoms with Gasteiger partial charge < -0.3 is 15.0 Å². The van der Waals surface area contributed by atoms with Gasteiger partial charge in [-0.2, -0.15) is 0 Å². The largest absolute Gasteiger partial charge is 0.497 e. The lowest BCUT2D eigenvalue weighted by Gasteiger charge is -2.32. The number of methoxy groups -OCH3 is 1. The van der Waals surface area contributed by atoms with Gasteiger partial charge in [-0.3, -0.25) is 4.79 Å². The van der Waals surface area contributed by atoms with Crippen LogP contribution in [0.1, 0.15) is 30.1 Å². The van der Waals surface area contributed by atoms with Gasteiger partial charge in [0.15, 0.2) is 0 Å². The summed E-state index contributed by atoms with van der Waals surface area (Å²) in [5.41, 5.74) is 1.69. The van der Waals surface area contributed by atoms with E-state index in [9.17, 15) is 4.79 Å². The first-order valence-electron chi connectivity index (χ1n) is 8.32. The molecule has 0 spiro atoms. The summed E-state index contributed by atoms with van der Waals surface area (Å²) < 4.78 is 5.10. The van der Waals surface area contributed by atoms with Gasteiger partial charge in [-0.1, -0.05) is 6.92 Å². The SMILES string of the molecule is COc1ccc(C(=O)Nc2ccc(N3CCCC(C)C3)cn2)cc1. The average Bonchev–Trinajstić information content (AvgIpc) is 2.62. The van der Waals surface area contributed by atoms with Crippen molar-refractivity contribution in [2.24, 2.45) is 5.92 Å². The Bertz CT molecular complexity index is 683. The Kier molecular flexibility index (Phi) is 4.99. The Morgan fingerprint density at radius 2 is 2.04 bits per heavy atom. The number of carbonyl (C=O) groups excluding carboxylic acids is 1. The number of nitrogens with one attached hydrogen (secondary N) is 1. The number of piperidine rings is 1. The van der Waals surface area contributed by atoms with Gasteiger partial charge in [-0.05, 0) is 55.2 Å². The molecule has 1 saturated heterocycles. The van der Waals surface area contributed by atoms with E-state index in [0.29, 0.717) is 17.3 Å². The second kappa shape index (κ2) is 7.34. The number of anilines is 2. The normalized spacial score (nSPS) is 17.4. The number of pyridine rings is 1. The van der Waals surface area contributed by atoms with E-state index in [1.54, 1.807) is 31.4 Å². The molecule has 1 aromatic carbocycles. The van der Waals surface area contributed by atoms with Crippen LogP contribution in [0.3, 0.4) is 0 Å². The van der Waals surface area contributed by atoms with Gasteiger partial charge in [-0.25, -0.2) is 4.98 Å². The van der Waals surface area contributed by atoms with Crippen molar-refractivity contribution in [3.8, 4) is 5.75 Å². The lowest BCUT2D eigenvalue weighted by atomic mass is 10.00. The van der Waals surface area contributed by atoms with E-state index in [4.69, 9.17) is 4.74 Å². The first-order chi connectivity index (χ1) is 11.7. The number of nitrogens with zero attached hydrogens (tertiary/aromatic N) is 2. The zero-order valence-electron chi connectivity index (χ0n) is 14.2. The first-order valence-corrected chi connectivity index (χ1v) is 8.32. The highest BCUT2D eigenvalue weighted by Crippen LogP contribution is 2.23. The lowest BCUT2D eigenvalue weighted by Crippen LogP contribution is -2.34. The number of aromatic nitrogens is 1. The zero-order valence-corrected chi connectivity index (χ0v) is 14.2. The molecule has 0 aliphatic carbocycles. The van der Waals surface area contributed by atoms with Crippen LogP contribution in [0.5, 0.6) is 5.75 Å². The van der Waals surface area contributed by atoms with Crippen molar-refractivity contribution in [2.75, 3.05) is 30.4 Å². The topological polar surface area (TPSA) is 54.5 Å². The molecule has 3 rings (SSSR count). The zero-order chi connectivity index (χ0) is 16.9. The molecule has 2 aromatic rings. The molecule has 1 aromatic heterocycles. The molecule has 1 fully saturated rings. The van der Waals surface area contributed by atoms with Crippen LogP contribution in [0.4, 0.5) is 11.5 Å². The Hall–Kier alpha value is -2.56. The second-order valence-electron chi connectivity index (χ2n) is 6.28. The van der Waals surface area contributed by atoms with Crippen LogP contribution in [0.15, 0.2) is 42.6 Å². The Morgan fingerprint density at radius 3 is 2.67 bits per heavy atom. The van der Waals surface area contributed by atoms with Crippen molar-refractivity contribution in [1.82, 2.24) is 4.98 Å². The molecule has 24 heavy (non-hydrogen) atoms. The monoisotopic (exact) mass is 325 g/mol. The lowest BCUT2D eigenvalue weighted by molar-refractivity contribution is 0.102. The fourth-order valence-corrected chi connectivity index (χ4v) is 3.00. The fraction of sp³-hybridized carbons (Fsp3) is 0.368. The van der Waals surface area contributed by atoms with Crippen LogP contribution >= 0.6 is 0 Å². The molecule has 0 saturated carbocycles. The summed E-state index contributed by atoms with van der Waals surface area (Å²) in [7, 11) is 1.60. The van der Waals surface area contributed by atoms with Crippen LogP contribution in [0.2, 0.25) is 0 Å². The van der Waals surface area contributed by atoms with Crippen molar-refractivity contribution in [3.05, 3.63) is 48.2 Å². The van der Waals surface area contributed by atoms with Crippen molar-refractivity contribution < 1.29 is 9.53 Å². The van der Waals surface area contributed by atoms with E-state index >= 15 is 0 Å². The van der Waals surface area contributed by atoms with E-state index in [-0.39, 0.29) is 5.91 Å². The van der Waals surface area contributed by atoms with Gasteiger partial charge >= 0.3 is 0 Å². The number of ether oxygens (including phenoxy) is 1. The summed E-state index contributed by atoms with van der Waals surface area (Å²) in [6.45, 7) is 4.42. The molecule has 0 radical (unpaired) electrons.